The molecule has 0 bridgehead atoms. The van der Waals surface area contributed by atoms with Crippen LogP contribution in [0.2, 0.25) is 0 Å². The monoisotopic (exact) mass is 495 g/mol. The molecule has 0 radical (unpaired) electrons. The molecule has 0 N–H and O–H groups in total. The Labute approximate surface area is 216 Å². The summed E-state index contributed by atoms with van der Waals surface area (Å²) in [4.78, 5) is 34.2. The van der Waals surface area contributed by atoms with Crippen molar-refractivity contribution in [3.8, 4) is 0 Å². The van der Waals surface area contributed by atoms with E-state index in [1.165, 1.54) is 34.4 Å². The maximum Gasteiger partial charge on any atom is 0.255 e. The summed E-state index contributed by atoms with van der Waals surface area (Å²) in [5.74, 6) is 0.265. The summed E-state index contributed by atoms with van der Waals surface area (Å²) in [5.41, 5.74) is 7.70. The summed E-state index contributed by atoms with van der Waals surface area (Å²) in [6.07, 6.45) is 7.41. The van der Waals surface area contributed by atoms with E-state index in [0.29, 0.717) is 25.1 Å². The summed E-state index contributed by atoms with van der Waals surface area (Å²) >= 11 is 0. The fourth-order valence-corrected chi connectivity index (χ4v) is 5.95. The van der Waals surface area contributed by atoms with Crippen molar-refractivity contribution in [2.75, 3.05) is 31.1 Å². The van der Waals surface area contributed by atoms with Crippen LogP contribution in [0.5, 0.6) is 0 Å². The zero-order valence-corrected chi connectivity index (χ0v) is 20.8. The van der Waals surface area contributed by atoms with E-state index in [0.717, 1.165) is 50.0 Å². The molecule has 0 unspecified atom stereocenters. The molecule has 1 amide bonds. The van der Waals surface area contributed by atoms with Gasteiger partial charge >= 0.3 is 0 Å². The minimum Gasteiger partial charge on any atom is -0.367 e. The van der Waals surface area contributed by atoms with Crippen molar-refractivity contribution < 1.29 is 14.0 Å². The predicted molar refractivity (Wildman–Crippen MR) is 142 cm³/mol. The molecule has 1 fully saturated rings. The number of ketones is 1. The van der Waals surface area contributed by atoms with E-state index in [1.807, 2.05) is 23.1 Å². The number of fused-ring (bicyclic) bond motifs is 2. The number of piperidine rings is 1. The number of benzene rings is 2. The summed E-state index contributed by atoms with van der Waals surface area (Å²) in [6, 6.07) is 16.5. The lowest BCUT2D eigenvalue weighted by atomic mass is 9.88. The Balaban J connectivity index is 1.10. The Hall–Kier alpha value is -3.80. The average molecular weight is 496 g/mol. The molecule has 6 heteroatoms. The normalized spacial score (nSPS) is 17.5. The van der Waals surface area contributed by atoms with Crippen LogP contribution in [-0.4, -0.2) is 47.8 Å². The standard InChI is InChI=1S/C31H30FN3O2/c32-26-5-7-27(8-6-26)35-15-11-23-17-22-3-4-24(18-28(22)29(23)20-35)30(36)16-21-9-13-34(14-10-21)31(37)25-2-1-12-33-19-25/h1-8,12,18-19,21H,9-11,13-17,20H2. The molecule has 188 valence electrons. The third kappa shape index (κ3) is 4.80. The first-order chi connectivity index (χ1) is 18.0. The van der Waals surface area contributed by atoms with Crippen LogP contribution in [0.15, 0.2) is 72.6 Å². The van der Waals surface area contributed by atoms with Crippen LogP contribution in [-0.2, 0) is 6.42 Å². The predicted octanol–water partition coefficient (Wildman–Crippen LogP) is 5.57. The lowest BCUT2D eigenvalue weighted by Crippen LogP contribution is -2.38. The number of nitrogens with zero attached hydrogens (tertiary/aromatic N) is 3. The number of anilines is 1. The van der Waals surface area contributed by atoms with Gasteiger partial charge in [-0.25, -0.2) is 4.39 Å². The van der Waals surface area contributed by atoms with Gasteiger partial charge in [-0.1, -0.05) is 17.7 Å². The van der Waals surface area contributed by atoms with Crippen molar-refractivity contribution >= 4 is 23.0 Å². The quantitative estimate of drug-likeness (QED) is 0.435. The molecule has 0 spiro atoms. The first kappa shape index (κ1) is 23.6. The number of amides is 1. The molecular weight excluding hydrogens is 465 g/mol. The van der Waals surface area contributed by atoms with Crippen LogP contribution >= 0.6 is 0 Å². The zero-order valence-electron chi connectivity index (χ0n) is 20.8. The number of rotatable bonds is 5. The molecule has 0 saturated carbocycles. The molecule has 1 aromatic heterocycles. The van der Waals surface area contributed by atoms with Gasteiger partial charge < -0.3 is 9.80 Å². The van der Waals surface area contributed by atoms with Crippen LogP contribution < -0.4 is 4.90 Å². The maximum absolute atomic E-state index is 13.4. The molecule has 1 aliphatic carbocycles. The zero-order chi connectivity index (χ0) is 25.4. The smallest absolute Gasteiger partial charge is 0.255 e. The van der Waals surface area contributed by atoms with Gasteiger partial charge in [0.2, 0.25) is 0 Å². The van der Waals surface area contributed by atoms with E-state index in [4.69, 9.17) is 0 Å². The van der Waals surface area contributed by atoms with Gasteiger partial charge in [0.25, 0.3) is 5.91 Å². The highest BCUT2D eigenvalue weighted by Crippen LogP contribution is 2.39. The number of pyridine rings is 1. The number of halogens is 1. The third-order valence-electron chi connectivity index (χ3n) is 8.10. The number of hydrogen-bond acceptors (Lipinski definition) is 4. The fourth-order valence-electron chi connectivity index (χ4n) is 5.95. The first-order valence-electron chi connectivity index (χ1n) is 13.1. The van der Waals surface area contributed by atoms with Gasteiger partial charge in [-0.05, 0) is 90.8 Å². The van der Waals surface area contributed by atoms with Crippen molar-refractivity contribution in [2.45, 2.75) is 32.1 Å². The van der Waals surface area contributed by atoms with Gasteiger partial charge in [-0.3, -0.25) is 14.6 Å². The van der Waals surface area contributed by atoms with Crippen LogP contribution in [0, 0.1) is 11.7 Å². The molecule has 1 saturated heterocycles. The second kappa shape index (κ2) is 9.92. The third-order valence-corrected chi connectivity index (χ3v) is 8.10. The second-order valence-electron chi connectivity index (χ2n) is 10.4. The number of carbonyl (C=O) groups excluding carboxylic acids is 2. The van der Waals surface area contributed by atoms with Crippen LogP contribution in [0.4, 0.5) is 10.1 Å². The minimum atomic E-state index is -0.221. The highest BCUT2D eigenvalue weighted by atomic mass is 19.1. The fraction of sp³-hybridized carbons (Fsp3) is 0.323. The summed E-state index contributed by atoms with van der Waals surface area (Å²) in [6.45, 7) is 3.05. The number of likely N-dealkylation sites (tertiary alicyclic amines) is 1. The molecule has 2 aliphatic heterocycles. The topological polar surface area (TPSA) is 53.5 Å². The van der Waals surface area contributed by atoms with Gasteiger partial charge in [0.05, 0.1) is 5.56 Å². The summed E-state index contributed by atoms with van der Waals surface area (Å²) < 4.78 is 13.4. The first-order valence-corrected chi connectivity index (χ1v) is 13.1. The number of aromatic nitrogens is 1. The molecule has 3 heterocycles. The van der Waals surface area contributed by atoms with E-state index in [2.05, 4.69) is 22.0 Å². The molecule has 3 aliphatic rings. The van der Waals surface area contributed by atoms with Crippen molar-refractivity contribution in [3.05, 3.63) is 101 Å². The van der Waals surface area contributed by atoms with Gasteiger partial charge in [0.15, 0.2) is 5.78 Å². The van der Waals surface area contributed by atoms with Crippen molar-refractivity contribution in [2.24, 2.45) is 5.92 Å². The highest BCUT2D eigenvalue weighted by Gasteiger charge is 2.29. The molecule has 2 aromatic carbocycles. The van der Waals surface area contributed by atoms with Crippen LogP contribution in [0.3, 0.4) is 0 Å². The highest BCUT2D eigenvalue weighted by molar-refractivity contribution is 5.98. The lowest BCUT2D eigenvalue weighted by molar-refractivity contribution is 0.0680. The molecule has 37 heavy (non-hydrogen) atoms. The van der Waals surface area contributed by atoms with E-state index in [1.54, 1.807) is 24.5 Å². The molecular formula is C31H30FN3O2. The molecule has 6 rings (SSSR count). The minimum absolute atomic E-state index is 0.0164. The lowest BCUT2D eigenvalue weighted by Gasteiger charge is -2.32. The molecule has 5 nitrogen and oxygen atoms in total. The van der Waals surface area contributed by atoms with E-state index >= 15 is 0 Å². The Morgan fingerprint density at radius 1 is 0.973 bits per heavy atom. The average Bonchev–Trinajstić information content (AvgIpc) is 3.31. The maximum atomic E-state index is 13.4. The van der Waals surface area contributed by atoms with Gasteiger partial charge in [0, 0.05) is 56.2 Å². The Morgan fingerprint density at radius 2 is 1.78 bits per heavy atom. The Bertz CT molecular complexity index is 1360. The van der Waals surface area contributed by atoms with Gasteiger partial charge in [-0.2, -0.15) is 0 Å². The second-order valence-corrected chi connectivity index (χ2v) is 10.4. The van der Waals surface area contributed by atoms with Crippen LogP contribution in [0.25, 0.3) is 5.57 Å². The Morgan fingerprint density at radius 3 is 2.54 bits per heavy atom. The van der Waals surface area contributed by atoms with Gasteiger partial charge in [0.1, 0.15) is 5.82 Å². The molecule has 3 aromatic rings. The van der Waals surface area contributed by atoms with Crippen LogP contribution in [0.1, 0.15) is 57.5 Å². The number of carbonyl (C=O) groups is 2. The van der Waals surface area contributed by atoms with E-state index < -0.39 is 0 Å². The summed E-state index contributed by atoms with van der Waals surface area (Å²) in [5, 5.41) is 0. The number of Topliss-reactive ketones (excluding diaryl/α,β-unsaturated/α-hetero) is 1. The van der Waals surface area contributed by atoms with Crippen molar-refractivity contribution in [3.63, 3.8) is 0 Å². The van der Waals surface area contributed by atoms with Crippen molar-refractivity contribution in [1.29, 1.82) is 0 Å². The summed E-state index contributed by atoms with van der Waals surface area (Å²) in [7, 11) is 0. The van der Waals surface area contributed by atoms with Crippen molar-refractivity contribution in [1.82, 2.24) is 9.88 Å². The van der Waals surface area contributed by atoms with E-state index in [9.17, 15) is 14.0 Å². The molecule has 0 atom stereocenters. The number of hydrogen-bond donors (Lipinski definition) is 0. The van der Waals surface area contributed by atoms with E-state index in [-0.39, 0.29) is 23.4 Å². The largest absolute Gasteiger partial charge is 0.367 e. The SMILES string of the molecule is O=C(CC1CCN(C(=O)c2cccnc2)CC1)c1ccc2c(c1)C1=C(CCN(c3ccc(F)cc3)C1)C2. The van der Waals surface area contributed by atoms with Gasteiger partial charge in [-0.15, -0.1) is 0 Å². The Kier molecular flexibility index (Phi) is 6.33.